The molecule has 3 nitrogen and oxygen atoms in total. The Morgan fingerprint density at radius 2 is 1.72 bits per heavy atom. The number of benzene rings is 2. The summed E-state index contributed by atoms with van der Waals surface area (Å²) in [6.07, 6.45) is 0. The summed E-state index contributed by atoms with van der Waals surface area (Å²) >= 11 is 0. The molecular formula is C15H15NO2. The molecule has 0 amide bonds. The minimum Gasteiger partial charge on any atom is -0.465 e. The number of methoxy groups -OCH3 is 1. The molecule has 0 heterocycles. The first-order chi connectivity index (χ1) is 8.70. The van der Waals surface area contributed by atoms with Crippen LogP contribution in [0.1, 0.15) is 15.9 Å². The highest BCUT2D eigenvalue weighted by atomic mass is 16.5. The molecule has 0 spiro atoms. The minimum absolute atomic E-state index is 0.322. The molecule has 2 aromatic rings. The average molecular weight is 241 g/mol. The molecule has 0 unspecified atom stereocenters. The second-order valence-corrected chi connectivity index (χ2v) is 4.01. The first-order valence-corrected chi connectivity index (χ1v) is 5.72. The van der Waals surface area contributed by atoms with Crippen LogP contribution in [0.15, 0.2) is 48.5 Å². The standard InChI is InChI=1S/C15H15NO2/c1-11-5-3-4-6-14(11)16-13-9-7-12(8-10-13)15(17)18-2/h3-10,16H,1-2H3. The van der Waals surface area contributed by atoms with E-state index in [-0.39, 0.29) is 5.97 Å². The summed E-state index contributed by atoms with van der Waals surface area (Å²) in [4.78, 5) is 11.3. The first kappa shape index (κ1) is 12.2. The monoisotopic (exact) mass is 241 g/mol. The van der Waals surface area contributed by atoms with Crippen LogP contribution in [0.3, 0.4) is 0 Å². The van der Waals surface area contributed by atoms with Crippen molar-refractivity contribution in [1.82, 2.24) is 0 Å². The van der Waals surface area contributed by atoms with E-state index >= 15 is 0 Å². The van der Waals surface area contributed by atoms with Crippen LogP contribution >= 0.6 is 0 Å². The third-order valence-electron chi connectivity index (χ3n) is 2.73. The van der Waals surface area contributed by atoms with Crippen LogP contribution < -0.4 is 5.32 Å². The van der Waals surface area contributed by atoms with Crippen LogP contribution in [0.5, 0.6) is 0 Å². The summed E-state index contributed by atoms with van der Waals surface area (Å²) in [6, 6.07) is 15.3. The fourth-order valence-corrected chi connectivity index (χ4v) is 1.68. The molecular weight excluding hydrogens is 226 g/mol. The van der Waals surface area contributed by atoms with Crippen molar-refractivity contribution in [3.63, 3.8) is 0 Å². The van der Waals surface area contributed by atoms with Gasteiger partial charge in [0.05, 0.1) is 12.7 Å². The summed E-state index contributed by atoms with van der Waals surface area (Å²) < 4.78 is 4.65. The van der Waals surface area contributed by atoms with E-state index in [1.165, 1.54) is 12.7 Å². The van der Waals surface area contributed by atoms with Crippen molar-refractivity contribution in [2.24, 2.45) is 0 Å². The lowest BCUT2D eigenvalue weighted by molar-refractivity contribution is 0.0601. The number of esters is 1. The van der Waals surface area contributed by atoms with E-state index in [0.29, 0.717) is 5.56 Å². The van der Waals surface area contributed by atoms with Gasteiger partial charge in [0.2, 0.25) is 0 Å². The SMILES string of the molecule is COC(=O)c1ccc(Nc2ccccc2C)cc1. The Labute approximate surface area is 106 Å². The van der Waals surface area contributed by atoms with E-state index in [4.69, 9.17) is 0 Å². The fraction of sp³-hybridized carbons (Fsp3) is 0.133. The molecule has 0 aliphatic heterocycles. The number of hydrogen-bond donors (Lipinski definition) is 1. The molecule has 0 saturated heterocycles. The second kappa shape index (κ2) is 5.36. The van der Waals surface area contributed by atoms with E-state index in [9.17, 15) is 4.79 Å². The number of aryl methyl sites for hydroxylation is 1. The molecule has 18 heavy (non-hydrogen) atoms. The van der Waals surface area contributed by atoms with E-state index in [1.54, 1.807) is 12.1 Å². The molecule has 0 saturated carbocycles. The molecule has 2 rings (SSSR count). The molecule has 0 aliphatic carbocycles. The molecule has 0 aromatic heterocycles. The van der Waals surface area contributed by atoms with Crippen molar-refractivity contribution >= 4 is 17.3 Å². The lowest BCUT2D eigenvalue weighted by Crippen LogP contribution is -2.01. The van der Waals surface area contributed by atoms with Crippen LogP contribution in [0, 0.1) is 6.92 Å². The van der Waals surface area contributed by atoms with Gasteiger partial charge in [0.25, 0.3) is 0 Å². The highest BCUT2D eigenvalue weighted by Gasteiger charge is 2.04. The number of rotatable bonds is 3. The van der Waals surface area contributed by atoms with Crippen molar-refractivity contribution in [3.05, 3.63) is 59.7 Å². The number of para-hydroxylation sites is 1. The van der Waals surface area contributed by atoms with Gasteiger partial charge in [-0.1, -0.05) is 18.2 Å². The summed E-state index contributed by atoms with van der Waals surface area (Å²) in [5, 5.41) is 3.30. The Bertz CT molecular complexity index is 547. The van der Waals surface area contributed by atoms with Gasteiger partial charge in [-0.15, -0.1) is 0 Å². The Kier molecular flexibility index (Phi) is 3.63. The Morgan fingerprint density at radius 1 is 1.06 bits per heavy atom. The van der Waals surface area contributed by atoms with E-state index in [2.05, 4.69) is 10.1 Å². The van der Waals surface area contributed by atoms with Crippen LogP contribution in [-0.2, 0) is 4.74 Å². The highest BCUT2D eigenvalue weighted by Crippen LogP contribution is 2.20. The largest absolute Gasteiger partial charge is 0.465 e. The zero-order valence-corrected chi connectivity index (χ0v) is 10.4. The number of ether oxygens (including phenoxy) is 1. The van der Waals surface area contributed by atoms with Gasteiger partial charge in [-0.2, -0.15) is 0 Å². The van der Waals surface area contributed by atoms with Gasteiger partial charge in [-0.3, -0.25) is 0 Å². The van der Waals surface area contributed by atoms with Gasteiger partial charge < -0.3 is 10.1 Å². The van der Waals surface area contributed by atoms with E-state index < -0.39 is 0 Å². The fourth-order valence-electron chi connectivity index (χ4n) is 1.68. The molecule has 1 N–H and O–H groups in total. The van der Waals surface area contributed by atoms with Gasteiger partial charge in [0, 0.05) is 11.4 Å². The van der Waals surface area contributed by atoms with Crippen molar-refractivity contribution in [3.8, 4) is 0 Å². The molecule has 0 bridgehead atoms. The highest BCUT2D eigenvalue weighted by molar-refractivity contribution is 5.89. The van der Waals surface area contributed by atoms with Crippen molar-refractivity contribution in [2.75, 3.05) is 12.4 Å². The quantitative estimate of drug-likeness (QED) is 0.835. The summed E-state index contributed by atoms with van der Waals surface area (Å²) in [5.41, 5.74) is 3.72. The lowest BCUT2D eigenvalue weighted by atomic mass is 10.1. The average Bonchev–Trinajstić information content (AvgIpc) is 2.41. The van der Waals surface area contributed by atoms with Gasteiger partial charge in [-0.25, -0.2) is 4.79 Å². The van der Waals surface area contributed by atoms with E-state index in [1.807, 2.05) is 43.3 Å². The van der Waals surface area contributed by atoms with Gasteiger partial charge in [0.15, 0.2) is 0 Å². The third kappa shape index (κ3) is 2.69. The van der Waals surface area contributed by atoms with Crippen molar-refractivity contribution in [2.45, 2.75) is 6.92 Å². The zero-order chi connectivity index (χ0) is 13.0. The summed E-state index contributed by atoms with van der Waals surface area (Å²) in [7, 11) is 1.38. The topological polar surface area (TPSA) is 38.3 Å². The van der Waals surface area contributed by atoms with Crippen LogP contribution in [-0.4, -0.2) is 13.1 Å². The molecule has 3 heteroatoms. The maximum atomic E-state index is 11.3. The van der Waals surface area contributed by atoms with Gasteiger partial charge >= 0.3 is 5.97 Å². The maximum Gasteiger partial charge on any atom is 0.337 e. The van der Waals surface area contributed by atoms with Crippen LogP contribution in [0.4, 0.5) is 11.4 Å². The predicted octanol–water partition coefficient (Wildman–Crippen LogP) is 3.53. The lowest BCUT2D eigenvalue weighted by Gasteiger charge is -2.09. The Morgan fingerprint density at radius 3 is 2.33 bits per heavy atom. The van der Waals surface area contributed by atoms with Gasteiger partial charge in [0.1, 0.15) is 0 Å². The normalized spacial score (nSPS) is 9.89. The Hall–Kier alpha value is -2.29. The molecule has 2 aromatic carbocycles. The first-order valence-electron chi connectivity index (χ1n) is 5.72. The number of hydrogen-bond acceptors (Lipinski definition) is 3. The number of anilines is 2. The van der Waals surface area contributed by atoms with Gasteiger partial charge in [-0.05, 0) is 42.8 Å². The number of carbonyl (C=O) groups excluding carboxylic acids is 1. The number of carbonyl (C=O) groups is 1. The van der Waals surface area contributed by atoms with E-state index in [0.717, 1.165) is 11.4 Å². The Balaban J connectivity index is 2.16. The summed E-state index contributed by atoms with van der Waals surface area (Å²) in [5.74, 6) is -0.322. The molecule has 92 valence electrons. The second-order valence-electron chi connectivity index (χ2n) is 4.01. The van der Waals surface area contributed by atoms with Crippen molar-refractivity contribution in [1.29, 1.82) is 0 Å². The predicted molar refractivity (Wildman–Crippen MR) is 72.2 cm³/mol. The van der Waals surface area contributed by atoms with Crippen LogP contribution in [0.2, 0.25) is 0 Å². The smallest absolute Gasteiger partial charge is 0.337 e. The molecule has 0 fully saturated rings. The van der Waals surface area contributed by atoms with Crippen LogP contribution in [0.25, 0.3) is 0 Å². The molecule has 0 aliphatic rings. The molecule has 0 atom stereocenters. The zero-order valence-electron chi connectivity index (χ0n) is 10.4. The van der Waals surface area contributed by atoms with Crippen molar-refractivity contribution < 1.29 is 9.53 Å². The number of nitrogens with one attached hydrogen (secondary N) is 1. The minimum atomic E-state index is -0.322. The molecule has 0 radical (unpaired) electrons. The third-order valence-corrected chi connectivity index (χ3v) is 2.73. The maximum absolute atomic E-state index is 11.3. The summed E-state index contributed by atoms with van der Waals surface area (Å²) in [6.45, 7) is 2.05.